The smallest absolute Gasteiger partial charge is 0.158 e. The summed E-state index contributed by atoms with van der Waals surface area (Å²) < 4.78 is 0. The molecule has 12 heavy (non-hydrogen) atoms. The highest BCUT2D eigenvalue weighted by atomic mass is 16.3. The van der Waals surface area contributed by atoms with E-state index in [4.69, 9.17) is 10.2 Å². The first-order valence-corrected chi connectivity index (χ1v) is 3.76. The van der Waals surface area contributed by atoms with Gasteiger partial charge in [0.2, 0.25) is 0 Å². The van der Waals surface area contributed by atoms with Gasteiger partial charge in [0, 0.05) is 12.8 Å². The third-order valence-electron chi connectivity index (χ3n) is 1.42. The first-order valence-electron chi connectivity index (χ1n) is 3.76. The Hall–Kier alpha value is -1.51. The molecule has 0 radical (unpaired) electrons. The van der Waals surface area contributed by atoms with E-state index in [2.05, 4.69) is 4.99 Å². The fourth-order valence-corrected chi connectivity index (χ4v) is 0.817. The van der Waals surface area contributed by atoms with Crippen LogP contribution in [0.1, 0.15) is 12.5 Å². The normalized spacial score (nSPS) is 10.8. The van der Waals surface area contributed by atoms with E-state index in [0.29, 0.717) is 6.54 Å². The van der Waals surface area contributed by atoms with Crippen LogP contribution in [0.2, 0.25) is 0 Å². The van der Waals surface area contributed by atoms with Crippen molar-refractivity contribution < 1.29 is 10.2 Å². The molecule has 0 aliphatic heterocycles. The zero-order valence-electron chi connectivity index (χ0n) is 6.86. The molecule has 3 heteroatoms. The van der Waals surface area contributed by atoms with Crippen LogP contribution in [0.4, 0.5) is 0 Å². The van der Waals surface area contributed by atoms with Gasteiger partial charge >= 0.3 is 0 Å². The number of benzene rings is 1. The van der Waals surface area contributed by atoms with Gasteiger partial charge in [0.15, 0.2) is 11.5 Å². The molecule has 0 saturated heterocycles. The first-order chi connectivity index (χ1) is 5.74. The molecule has 0 fully saturated rings. The fourth-order valence-electron chi connectivity index (χ4n) is 0.817. The lowest BCUT2D eigenvalue weighted by Crippen LogP contribution is -1.81. The maximum atomic E-state index is 9.09. The van der Waals surface area contributed by atoms with Crippen LogP contribution >= 0.6 is 0 Å². The summed E-state index contributed by atoms with van der Waals surface area (Å²) >= 11 is 0. The summed E-state index contributed by atoms with van der Waals surface area (Å²) in [7, 11) is 0. The molecule has 0 aliphatic carbocycles. The van der Waals surface area contributed by atoms with Crippen LogP contribution in [0, 0.1) is 0 Å². The molecular formula is C9H11NO2. The molecule has 0 unspecified atom stereocenters. The van der Waals surface area contributed by atoms with Crippen molar-refractivity contribution in [1.29, 1.82) is 0 Å². The highest BCUT2D eigenvalue weighted by molar-refractivity contribution is 5.80. The number of hydrogen-bond acceptors (Lipinski definition) is 3. The number of rotatable bonds is 2. The minimum Gasteiger partial charge on any atom is -0.504 e. The molecule has 0 amide bonds. The predicted octanol–water partition coefficient (Wildman–Crippen LogP) is 1.54. The monoisotopic (exact) mass is 165 g/mol. The highest BCUT2D eigenvalue weighted by Gasteiger charge is 1.97. The third-order valence-corrected chi connectivity index (χ3v) is 1.42. The summed E-state index contributed by atoms with van der Waals surface area (Å²) in [5, 5.41) is 18.1. The SMILES string of the molecule is CCN=Cc1ccc(O)c(O)c1. The Balaban J connectivity index is 2.89. The highest BCUT2D eigenvalue weighted by Crippen LogP contribution is 2.23. The summed E-state index contributed by atoms with van der Waals surface area (Å²) in [6, 6.07) is 4.59. The van der Waals surface area contributed by atoms with Gasteiger partial charge in [-0.2, -0.15) is 0 Å². The molecule has 2 N–H and O–H groups in total. The number of aliphatic imine (C=N–C) groups is 1. The number of nitrogens with zero attached hydrogens (tertiary/aromatic N) is 1. The van der Waals surface area contributed by atoms with Crippen LogP contribution < -0.4 is 0 Å². The molecule has 1 aromatic carbocycles. The average molecular weight is 165 g/mol. The molecule has 0 aliphatic rings. The summed E-state index contributed by atoms with van der Waals surface area (Å²) in [6.07, 6.45) is 1.65. The molecule has 0 aromatic heterocycles. The van der Waals surface area contributed by atoms with Crippen molar-refractivity contribution in [2.45, 2.75) is 6.92 Å². The van der Waals surface area contributed by atoms with Gasteiger partial charge in [-0.15, -0.1) is 0 Å². The van der Waals surface area contributed by atoms with Crippen molar-refractivity contribution in [3.8, 4) is 11.5 Å². The van der Waals surface area contributed by atoms with Gasteiger partial charge in [0.1, 0.15) is 0 Å². The van der Waals surface area contributed by atoms with Gasteiger partial charge in [0.25, 0.3) is 0 Å². The topological polar surface area (TPSA) is 52.8 Å². The molecule has 0 atom stereocenters. The Bertz CT molecular complexity index is 295. The number of hydrogen-bond donors (Lipinski definition) is 2. The Morgan fingerprint density at radius 2 is 2.08 bits per heavy atom. The molecule has 64 valence electrons. The quantitative estimate of drug-likeness (QED) is 0.516. The van der Waals surface area contributed by atoms with Gasteiger partial charge in [-0.05, 0) is 30.7 Å². The van der Waals surface area contributed by atoms with E-state index in [0.717, 1.165) is 5.56 Å². The maximum absolute atomic E-state index is 9.09. The lowest BCUT2D eigenvalue weighted by atomic mass is 10.2. The Morgan fingerprint density at radius 1 is 1.33 bits per heavy atom. The molecule has 0 saturated carbocycles. The van der Waals surface area contributed by atoms with Crippen LogP contribution in [0.3, 0.4) is 0 Å². The standard InChI is InChI=1S/C9H11NO2/c1-2-10-6-7-3-4-8(11)9(12)5-7/h3-6,11-12H,2H2,1H3. The van der Waals surface area contributed by atoms with Crippen molar-refractivity contribution in [2.24, 2.45) is 4.99 Å². The van der Waals surface area contributed by atoms with Crippen LogP contribution in [0.15, 0.2) is 23.2 Å². The summed E-state index contributed by atoms with van der Waals surface area (Å²) in [5.74, 6) is -0.223. The van der Waals surface area contributed by atoms with Crippen LogP contribution in [-0.2, 0) is 0 Å². The maximum Gasteiger partial charge on any atom is 0.158 e. The van der Waals surface area contributed by atoms with Crippen LogP contribution in [0.25, 0.3) is 0 Å². The van der Waals surface area contributed by atoms with E-state index in [1.807, 2.05) is 6.92 Å². The van der Waals surface area contributed by atoms with Gasteiger partial charge < -0.3 is 10.2 Å². The van der Waals surface area contributed by atoms with Gasteiger partial charge in [-0.3, -0.25) is 4.99 Å². The van der Waals surface area contributed by atoms with Gasteiger partial charge in [0.05, 0.1) is 0 Å². The van der Waals surface area contributed by atoms with E-state index in [9.17, 15) is 0 Å². The Morgan fingerprint density at radius 3 is 2.67 bits per heavy atom. The van der Waals surface area contributed by atoms with Crippen molar-refractivity contribution in [2.75, 3.05) is 6.54 Å². The van der Waals surface area contributed by atoms with Crippen molar-refractivity contribution in [3.05, 3.63) is 23.8 Å². The number of phenols is 2. The minimum absolute atomic E-state index is 0.108. The van der Waals surface area contributed by atoms with Crippen molar-refractivity contribution in [3.63, 3.8) is 0 Å². The summed E-state index contributed by atoms with van der Waals surface area (Å²) in [5.41, 5.74) is 0.784. The zero-order chi connectivity index (χ0) is 8.97. The third kappa shape index (κ3) is 1.99. The minimum atomic E-state index is -0.116. The fraction of sp³-hybridized carbons (Fsp3) is 0.222. The molecular weight excluding hydrogens is 154 g/mol. The second-order valence-electron chi connectivity index (χ2n) is 2.38. The van der Waals surface area contributed by atoms with Crippen LogP contribution in [0.5, 0.6) is 11.5 Å². The lowest BCUT2D eigenvalue weighted by Gasteiger charge is -1.97. The largest absolute Gasteiger partial charge is 0.504 e. The summed E-state index contributed by atoms with van der Waals surface area (Å²) in [6.45, 7) is 2.64. The van der Waals surface area contributed by atoms with E-state index in [1.165, 1.54) is 12.1 Å². The van der Waals surface area contributed by atoms with Crippen molar-refractivity contribution in [1.82, 2.24) is 0 Å². The van der Waals surface area contributed by atoms with E-state index in [1.54, 1.807) is 12.3 Å². The van der Waals surface area contributed by atoms with Gasteiger partial charge in [-0.1, -0.05) is 0 Å². The second kappa shape index (κ2) is 3.76. The van der Waals surface area contributed by atoms with Gasteiger partial charge in [-0.25, -0.2) is 0 Å². The lowest BCUT2D eigenvalue weighted by molar-refractivity contribution is 0.403. The predicted molar refractivity (Wildman–Crippen MR) is 47.9 cm³/mol. The molecule has 0 heterocycles. The molecule has 1 aromatic rings. The number of aromatic hydroxyl groups is 2. The molecule has 3 nitrogen and oxygen atoms in total. The van der Waals surface area contributed by atoms with E-state index < -0.39 is 0 Å². The average Bonchev–Trinajstić information content (AvgIpc) is 2.07. The van der Waals surface area contributed by atoms with E-state index in [-0.39, 0.29) is 11.5 Å². The molecule has 0 spiro atoms. The van der Waals surface area contributed by atoms with Crippen LogP contribution in [-0.4, -0.2) is 23.0 Å². The van der Waals surface area contributed by atoms with E-state index >= 15 is 0 Å². The second-order valence-corrected chi connectivity index (χ2v) is 2.38. The Kier molecular flexibility index (Phi) is 2.69. The molecule has 0 bridgehead atoms. The van der Waals surface area contributed by atoms with Crippen molar-refractivity contribution >= 4 is 6.21 Å². The first kappa shape index (κ1) is 8.59. The zero-order valence-corrected chi connectivity index (χ0v) is 6.86. The Labute approximate surface area is 71.0 Å². The number of phenolic OH excluding ortho intramolecular Hbond substituents is 2. The molecule has 1 rings (SSSR count). The summed E-state index contributed by atoms with van der Waals surface area (Å²) in [4.78, 5) is 4.00.